The lowest BCUT2D eigenvalue weighted by molar-refractivity contribution is 0.0523. The van der Waals surface area contributed by atoms with Gasteiger partial charge in [0.25, 0.3) is 0 Å². The number of carbonyl (C=O) groups is 2. The first-order valence-corrected chi connectivity index (χ1v) is 7.17. The summed E-state index contributed by atoms with van der Waals surface area (Å²) < 4.78 is 9.99. The molecule has 0 spiro atoms. The lowest BCUT2D eigenvalue weighted by atomic mass is 9.97. The first-order valence-electron chi connectivity index (χ1n) is 7.17. The highest BCUT2D eigenvalue weighted by molar-refractivity contribution is 6.15. The highest BCUT2D eigenvalue weighted by Crippen LogP contribution is 2.31. The third kappa shape index (κ3) is 3.51. The molecule has 0 saturated carbocycles. The Morgan fingerprint density at radius 2 is 1.74 bits per heavy atom. The monoisotopic (exact) mass is 314 g/mol. The maximum Gasteiger partial charge on any atom is 0.339 e. The van der Waals surface area contributed by atoms with Gasteiger partial charge < -0.3 is 14.6 Å². The van der Waals surface area contributed by atoms with Gasteiger partial charge in [0.2, 0.25) is 0 Å². The maximum atomic E-state index is 12.7. The summed E-state index contributed by atoms with van der Waals surface area (Å²) in [4.78, 5) is 24.8. The van der Waals surface area contributed by atoms with E-state index in [1.54, 1.807) is 31.2 Å². The molecule has 2 aromatic rings. The largest absolute Gasteiger partial charge is 0.504 e. The van der Waals surface area contributed by atoms with Gasteiger partial charge in [0, 0.05) is 11.1 Å². The molecule has 5 nitrogen and oxygen atoms in total. The minimum absolute atomic E-state index is 0.0621. The fraction of sp³-hybridized carbons (Fsp3) is 0.222. The van der Waals surface area contributed by atoms with Crippen molar-refractivity contribution in [3.8, 4) is 11.5 Å². The minimum atomic E-state index is -0.638. The molecule has 2 aromatic carbocycles. The first kappa shape index (κ1) is 16.5. The molecule has 120 valence electrons. The number of hydrogen-bond donors (Lipinski definition) is 1. The number of aromatic hydroxyl groups is 1. The zero-order valence-electron chi connectivity index (χ0n) is 13.3. The average molecular weight is 314 g/mol. The summed E-state index contributed by atoms with van der Waals surface area (Å²) in [7, 11) is 1.37. The minimum Gasteiger partial charge on any atom is -0.504 e. The zero-order chi connectivity index (χ0) is 17.0. The summed E-state index contributed by atoms with van der Waals surface area (Å²) in [6.45, 7) is 3.77. The molecule has 0 saturated heterocycles. The van der Waals surface area contributed by atoms with E-state index >= 15 is 0 Å². The van der Waals surface area contributed by atoms with E-state index in [2.05, 4.69) is 0 Å². The number of hydrogen-bond acceptors (Lipinski definition) is 5. The van der Waals surface area contributed by atoms with Crippen molar-refractivity contribution in [3.63, 3.8) is 0 Å². The molecule has 0 fully saturated rings. The van der Waals surface area contributed by atoms with Crippen LogP contribution in [0.3, 0.4) is 0 Å². The van der Waals surface area contributed by atoms with E-state index in [9.17, 15) is 14.7 Å². The zero-order valence-corrected chi connectivity index (χ0v) is 13.3. The molecule has 0 bridgehead atoms. The molecule has 0 aliphatic heterocycles. The number of aryl methyl sites for hydroxylation is 1. The van der Waals surface area contributed by atoms with Crippen LogP contribution in [0.15, 0.2) is 36.4 Å². The number of ether oxygens (including phenoxy) is 2. The highest BCUT2D eigenvalue weighted by atomic mass is 16.5. The Kier molecular flexibility index (Phi) is 5.01. The van der Waals surface area contributed by atoms with Gasteiger partial charge in [-0.15, -0.1) is 0 Å². The molecule has 0 unspecified atom stereocenters. The van der Waals surface area contributed by atoms with E-state index in [0.717, 1.165) is 5.56 Å². The Labute approximate surface area is 134 Å². The Morgan fingerprint density at radius 1 is 1.09 bits per heavy atom. The Bertz CT molecular complexity index is 732. The first-order chi connectivity index (χ1) is 11.0. The number of ketones is 1. The number of benzene rings is 2. The summed E-state index contributed by atoms with van der Waals surface area (Å²) >= 11 is 0. The second-order valence-electron chi connectivity index (χ2n) is 4.99. The van der Waals surface area contributed by atoms with Crippen LogP contribution in [0.5, 0.6) is 11.5 Å². The smallest absolute Gasteiger partial charge is 0.339 e. The average Bonchev–Trinajstić information content (AvgIpc) is 2.54. The Balaban J connectivity index is 2.55. The van der Waals surface area contributed by atoms with Crippen LogP contribution in [-0.4, -0.2) is 30.6 Å². The van der Waals surface area contributed by atoms with Crippen molar-refractivity contribution >= 4 is 11.8 Å². The van der Waals surface area contributed by atoms with Crippen LogP contribution in [0.1, 0.15) is 38.8 Å². The van der Waals surface area contributed by atoms with Crippen LogP contribution in [0.25, 0.3) is 0 Å². The number of esters is 1. The van der Waals surface area contributed by atoms with E-state index in [-0.39, 0.29) is 35.0 Å². The fourth-order valence-electron chi connectivity index (χ4n) is 2.16. The van der Waals surface area contributed by atoms with Gasteiger partial charge in [-0.3, -0.25) is 4.79 Å². The number of methoxy groups -OCH3 is 1. The SMILES string of the molecule is CCOC(=O)c1cc(OC)c(O)cc1C(=O)c1ccc(C)cc1. The second-order valence-corrected chi connectivity index (χ2v) is 4.99. The molecule has 5 heteroatoms. The fourth-order valence-corrected chi connectivity index (χ4v) is 2.16. The molecular formula is C18H18O5. The van der Waals surface area contributed by atoms with E-state index in [4.69, 9.17) is 9.47 Å². The van der Waals surface area contributed by atoms with Crippen LogP contribution in [0.2, 0.25) is 0 Å². The van der Waals surface area contributed by atoms with Crippen LogP contribution in [0, 0.1) is 6.92 Å². The van der Waals surface area contributed by atoms with Gasteiger partial charge in [0.15, 0.2) is 17.3 Å². The normalized spacial score (nSPS) is 10.2. The van der Waals surface area contributed by atoms with Crippen LogP contribution < -0.4 is 4.74 Å². The van der Waals surface area contributed by atoms with Gasteiger partial charge in [-0.1, -0.05) is 29.8 Å². The van der Waals surface area contributed by atoms with E-state index < -0.39 is 5.97 Å². The number of carbonyl (C=O) groups excluding carboxylic acids is 2. The standard InChI is InChI=1S/C18H18O5/c1-4-23-18(21)14-10-16(22-3)15(19)9-13(14)17(20)12-7-5-11(2)6-8-12/h5-10,19H,4H2,1-3H3. The summed E-state index contributed by atoms with van der Waals surface area (Å²) in [6.07, 6.45) is 0. The van der Waals surface area contributed by atoms with Crippen LogP contribution in [-0.2, 0) is 4.74 Å². The van der Waals surface area contributed by atoms with Gasteiger partial charge in [-0.25, -0.2) is 4.79 Å². The van der Waals surface area contributed by atoms with Gasteiger partial charge in [0.1, 0.15) is 0 Å². The molecule has 0 atom stereocenters. The molecule has 0 heterocycles. The van der Waals surface area contributed by atoms with E-state index in [1.807, 2.05) is 6.92 Å². The Morgan fingerprint density at radius 3 is 2.30 bits per heavy atom. The van der Waals surface area contributed by atoms with Gasteiger partial charge >= 0.3 is 5.97 Å². The number of phenols is 1. The summed E-state index contributed by atoms with van der Waals surface area (Å²) in [5, 5.41) is 9.94. The quantitative estimate of drug-likeness (QED) is 0.678. The molecule has 0 radical (unpaired) electrons. The lowest BCUT2D eigenvalue weighted by Crippen LogP contribution is -2.13. The van der Waals surface area contributed by atoms with Crippen molar-refractivity contribution in [2.75, 3.05) is 13.7 Å². The molecule has 0 aliphatic rings. The van der Waals surface area contributed by atoms with Crippen molar-refractivity contribution in [2.24, 2.45) is 0 Å². The second kappa shape index (κ2) is 6.96. The highest BCUT2D eigenvalue weighted by Gasteiger charge is 2.22. The molecule has 1 N–H and O–H groups in total. The number of phenolic OH excluding ortho intramolecular Hbond substituents is 1. The topological polar surface area (TPSA) is 72.8 Å². The predicted molar refractivity (Wildman–Crippen MR) is 85.2 cm³/mol. The maximum absolute atomic E-state index is 12.7. The molecule has 2 rings (SSSR count). The summed E-state index contributed by atoms with van der Waals surface area (Å²) in [5.41, 5.74) is 1.58. The van der Waals surface area contributed by atoms with Crippen molar-refractivity contribution in [2.45, 2.75) is 13.8 Å². The predicted octanol–water partition coefficient (Wildman–Crippen LogP) is 3.12. The van der Waals surface area contributed by atoms with Crippen molar-refractivity contribution in [1.29, 1.82) is 0 Å². The van der Waals surface area contributed by atoms with E-state index in [1.165, 1.54) is 19.2 Å². The molecular weight excluding hydrogens is 296 g/mol. The van der Waals surface area contributed by atoms with E-state index in [0.29, 0.717) is 5.56 Å². The lowest BCUT2D eigenvalue weighted by Gasteiger charge is -2.12. The summed E-state index contributed by atoms with van der Waals surface area (Å²) in [6, 6.07) is 9.51. The number of rotatable bonds is 5. The van der Waals surface area contributed by atoms with Gasteiger partial charge in [-0.05, 0) is 26.0 Å². The van der Waals surface area contributed by atoms with Crippen LogP contribution in [0.4, 0.5) is 0 Å². The molecule has 0 aromatic heterocycles. The Hall–Kier alpha value is -2.82. The van der Waals surface area contributed by atoms with Gasteiger partial charge in [0.05, 0.1) is 19.3 Å². The van der Waals surface area contributed by atoms with Gasteiger partial charge in [-0.2, -0.15) is 0 Å². The van der Waals surface area contributed by atoms with Crippen molar-refractivity contribution < 1.29 is 24.2 Å². The summed E-state index contributed by atoms with van der Waals surface area (Å²) in [5.74, 6) is -1.11. The van der Waals surface area contributed by atoms with Crippen LogP contribution >= 0.6 is 0 Å². The molecule has 0 amide bonds. The molecule has 23 heavy (non-hydrogen) atoms. The third-order valence-electron chi connectivity index (χ3n) is 3.37. The molecule has 0 aliphatic carbocycles. The van der Waals surface area contributed by atoms with Crippen molar-refractivity contribution in [1.82, 2.24) is 0 Å². The van der Waals surface area contributed by atoms with Crippen molar-refractivity contribution in [3.05, 3.63) is 58.7 Å². The third-order valence-corrected chi connectivity index (χ3v) is 3.37.